The predicted octanol–water partition coefficient (Wildman–Crippen LogP) is 4.23. The van der Waals surface area contributed by atoms with Crippen LogP contribution in [-0.4, -0.2) is 18.1 Å². The number of rotatable bonds is 7. The molecule has 0 saturated heterocycles. The van der Waals surface area contributed by atoms with Crippen LogP contribution in [-0.2, 0) is 6.42 Å². The summed E-state index contributed by atoms with van der Waals surface area (Å²) in [6.45, 7) is -0.210. The van der Waals surface area contributed by atoms with E-state index in [0.29, 0.717) is 18.0 Å². The number of ether oxygens (including phenoxy) is 1. The van der Waals surface area contributed by atoms with Gasteiger partial charge >= 0.3 is 6.61 Å². The predicted molar refractivity (Wildman–Crippen MR) is 82.4 cm³/mol. The lowest BCUT2D eigenvalue weighted by Gasteiger charge is -2.15. The highest BCUT2D eigenvalue weighted by molar-refractivity contribution is 6.30. The number of halogens is 3. The van der Waals surface area contributed by atoms with Crippen molar-refractivity contribution in [1.29, 1.82) is 0 Å². The van der Waals surface area contributed by atoms with Crippen LogP contribution in [0.15, 0.2) is 42.6 Å². The highest BCUT2D eigenvalue weighted by Crippen LogP contribution is 2.21. The molecule has 22 heavy (non-hydrogen) atoms. The van der Waals surface area contributed by atoms with E-state index in [0.717, 1.165) is 11.3 Å². The van der Waals surface area contributed by atoms with E-state index in [9.17, 15) is 8.78 Å². The first-order valence-electron chi connectivity index (χ1n) is 6.94. The molecule has 3 nitrogen and oxygen atoms in total. The first-order chi connectivity index (χ1) is 10.6. The highest BCUT2D eigenvalue weighted by atomic mass is 35.5. The molecule has 2 rings (SSSR count). The number of hydrogen-bond acceptors (Lipinski definition) is 3. The zero-order valence-electron chi connectivity index (χ0n) is 12.1. The summed E-state index contributed by atoms with van der Waals surface area (Å²) in [5.74, 6) is 0.219. The summed E-state index contributed by atoms with van der Waals surface area (Å²) in [6.07, 6.45) is 2.18. The molecule has 1 heterocycles. The normalized spacial score (nSPS) is 12.4. The summed E-state index contributed by atoms with van der Waals surface area (Å²) in [5, 5.41) is 3.89. The molecule has 0 radical (unpaired) electrons. The molecule has 0 aliphatic carbocycles. The smallest absolute Gasteiger partial charge is 0.387 e. The zero-order valence-corrected chi connectivity index (χ0v) is 12.9. The number of para-hydroxylation sites is 1. The quantitative estimate of drug-likeness (QED) is 0.826. The van der Waals surface area contributed by atoms with E-state index < -0.39 is 6.61 Å². The molecular formula is C16H17ClF2N2O. The van der Waals surface area contributed by atoms with E-state index in [2.05, 4.69) is 15.0 Å². The molecule has 1 aromatic heterocycles. The number of aromatic nitrogens is 1. The summed E-state index contributed by atoms with van der Waals surface area (Å²) in [6, 6.07) is 10.5. The van der Waals surface area contributed by atoms with Gasteiger partial charge in [0.1, 0.15) is 5.75 Å². The van der Waals surface area contributed by atoms with Crippen LogP contribution >= 0.6 is 11.6 Å². The Morgan fingerprint density at radius 2 is 2.00 bits per heavy atom. The second-order valence-corrected chi connectivity index (χ2v) is 5.25. The van der Waals surface area contributed by atoms with Crippen LogP contribution in [0.1, 0.15) is 24.2 Å². The Bertz CT molecular complexity index is 593. The third-order valence-electron chi connectivity index (χ3n) is 3.23. The molecule has 0 fully saturated rings. The van der Waals surface area contributed by atoms with Gasteiger partial charge < -0.3 is 10.1 Å². The molecule has 118 valence electrons. The molecular weight excluding hydrogens is 310 g/mol. The van der Waals surface area contributed by atoms with E-state index in [4.69, 9.17) is 11.6 Å². The van der Waals surface area contributed by atoms with E-state index in [1.54, 1.807) is 36.5 Å². The third-order valence-corrected chi connectivity index (χ3v) is 3.45. The van der Waals surface area contributed by atoms with Crippen molar-refractivity contribution in [3.05, 3.63) is 58.9 Å². The van der Waals surface area contributed by atoms with Gasteiger partial charge in [0.05, 0.1) is 10.7 Å². The van der Waals surface area contributed by atoms with Crippen LogP contribution in [0, 0.1) is 0 Å². The van der Waals surface area contributed by atoms with Crippen molar-refractivity contribution in [2.75, 3.05) is 6.54 Å². The maximum absolute atomic E-state index is 12.3. The molecule has 1 aromatic carbocycles. The summed E-state index contributed by atoms with van der Waals surface area (Å²) >= 11 is 5.80. The fraction of sp³-hybridized carbons (Fsp3) is 0.312. The van der Waals surface area contributed by atoms with E-state index in [1.165, 1.54) is 0 Å². The molecule has 0 saturated carbocycles. The van der Waals surface area contributed by atoms with Gasteiger partial charge in [0.25, 0.3) is 0 Å². The lowest BCUT2D eigenvalue weighted by Crippen LogP contribution is -2.22. The van der Waals surface area contributed by atoms with Gasteiger partial charge in [0, 0.05) is 12.2 Å². The fourth-order valence-electron chi connectivity index (χ4n) is 2.09. The number of nitrogens with zero attached hydrogens (tertiary/aromatic N) is 1. The largest absolute Gasteiger partial charge is 0.435 e. The molecule has 0 spiro atoms. The van der Waals surface area contributed by atoms with Crippen molar-refractivity contribution in [3.8, 4) is 5.75 Å². The van der Waals surface area contributed by atoms with Crippen LogP contribution in [0.2, 0.25) is 5.02 Å². The van der Waals surface area contributed by atoms with Gasteiger partial charge in [-0.05, 0) is 43.7 Å². The van der Waals surface area contributed by atoms with Gasteiger partial charge in [-0.25, -0.2) is 0 Å². The number of hydrogen-bond donors (Lipinski definition) is 1. The Kier molecular flexibility index (Phi) is 6.10. The Morgan fingerprint density at radius 1 is 1.23 bits per heavy atom. The van der Waals surface area contributed by atoms with Crippen molar-refractivity contribution in [3.63, 3.8) is 0 Å². The van der Waals surface area contributed by atoms with Gasteiger partial charge in [-0.2, -0.15) is 8.78 Å². The molecule has 0 aliphatic heterocycles. The molecule has 1 unspecified atom stereocenters. The number of benzene rings is 1. The Balaban J connectivity index is 1.89. The number of pyridine rings is 1. The van der Waals surface area contributed by atoms with Crippen LogP contribution < -0.4 is 10.1 Å². The van der Waals surface area contributed by atoms with E-state index in [-0.39, 0.29) is 11.8 Å². The lowest BCUT2D eigenvalue weighted by molar-refractivity contribution is -0.0504. The molecule has 0 amide bonds. The minimum Gasteiger partial charge on any atom is -0.435 e. The van der Waals surface area contributed by atoms with Gasteiger partial charge in [0.15, 0.2) is 0 Å². The second kappa shape index (κ2) is 8.06. The van der Waals surface area contributed by atoms with Crippen molar-refractivity contribution in [1.82, 2.24) is 10.3 Å². The minimum absolute atomic E-state index is 0.0421. The SMILES string of the molecule is CC(NCCc1ccccc1OC(F)F)c1ccc(Cl)cn1. The average molecular weight is 327 g/mol. The summed E-state index contributed by atoms with van der Waals surface area (Å²) in [4.78, 5) is 4.24. The van der Waals surface area contributed by atoms with Crippen LogP contribution in [0.4, 0.5) is 8.78 Å². The molecule has 6 heteroatoms. The number of nitrogens with one attached hydrogen (secondary N) is 1. The second-order valence-electron chi connectivity index (χ2n) is 4.81. The maximum atomic E-state index is 12.3. The minimum atomic E-state index is -2.81. The molecule has 1 N–H and O–H groups in total. The fourth-order valence-corrected chi connectivity index (χ4v) is 2.20. The summed E-state index contributed by atoms with van der Waals surface area (Å²) < 4.78 is 29.2. The summed E-state index contributed by atoms with van der Waals surface area (Å²) in [7, 11) is 0. The molecule has 1 atom stereocenters. The average Bonchev–Trinajstić information content (AvgIpc) is 2.49. The first kappa shape index (κ1) is 16.6. The first-order valence-corrected chi connectivity index (χ1v) is 7.31. The Hall–Kier alpha value is -1.72. The highest BCUT2D eigenvalue weighted by Gasteiger charge is 2.10. The third kappa shape index (κ3) is 4.93. The van der Waals surface area contributed by atoms with E-state index >= 15 is 0 Å². The van der Waals surface area contributed by atoms with Gasteiger partial charge in [-0.1, -0.05) is 29.8 Å². The van der Waals surface area contributed by atoms with Crippen LogP contribution in [0.25, 0.3) is 0 Å². The molecule has 0 aliphatic rings. The van der Waals surface area contributed by atoms with Gasteiger partial charge in [-0.15, -0.1) is 0 Å². The Morgan fingerprint density at radius 3 is 2.68 bits per heavy atom. The van der Waals surface area contributed by atoms with Crippen LogP contribution in [0.5, 0.6) is 5.75 Å². The van der Waals surface area contributed by atoms with Crippen LogP contribution in [0.3, 0.4) is 0 Å². The van der Waals surface area contributed by atoms with E-state index in [1.807, 2.05) is 13.0 Å². The van der Waals surface area contributed by atoms with Crippen molar-refractivity contribution < 1.29 is 13.5 Å². The topological polar surface area (TPSA) is 34.1 Å². The van der Waals surface area contributed by atoms with Gasteiger partial charge in [0.2, 0.25) is 0 Å². The summed E-state index contributed by atoms with van der Waals surface area (Å²) in [5.41, 5.74) is 1.62. The van der Waals surface area contributed by atoms with Crippen molar-refractivity contribution >= 4 is 11.6 Å². The molecule has 0 bridgehead atoms. The lowest BCUT2D eigenvalue weighted by atomic mass is 10.1. The molecule has 2 aromatic rings. The standard InChI is InChI=1S/C16H17ClF2N2O/c1-11(14-7-6-13(17)10-21-14)20-9-8-12-4-2-3-5-15(12)22-16(18)19/h2-7,10-11,16,20H,8-9H2,1H3. The van der Waals surface area contributed by atoms with Crippen molar-refractivity contribution in [2.24, 2.45) is 0 Å². The zero-order chi connectivity index (χ0) is 15.9. The number of alkyl halides is 2. The monoisotopic (exact) mass is 326 g/mol. The Labute approximate surface area is 133 Å². The maximum Gasteiger partial charge on any atom is 0.387 e. The van der Waals surface area contributed by atoms with Crippen molar-refractivity contribution in [2.45, 2.75) is 26.0 Å². The van der Waals surface area contributed by atoms with Gasteiger partial charge in [-0.3, -0.25) is 4.98 Å².